The van der Waals surface area contributed by atoms with Crippen molar-refractivity contribution in [3.8, 4) is 0 Å². The Morgan fingerprint density at radius 1 is 1.40 bits per heavy atom. The molecular formula is C16H24N2O2. The van der Waals surface area contributed by atoms with Gasteiger partial charge in [0.25, 0.3) is 0 Å². The predicted octanol–water partition coefficient (Wildman–Crippen LogP) is 1.60. The first-order valence-corrected chi connectivity index (χ1v) is 7.34. The number of aliphatic hydroxyl groups is 1. The predicted molar refractivity (Wildman–Crippen MR) is 78.9 cm³/mol. The molecule has 1 fully saturated rings. The van der Waals surface area contributed by atoms with Gasteiger partial charge < -0.3 is 16.2 Å². The lowest BCUT2D eigenvalue weighted by Gasteiger charge is -2.21. The molecule has 0 aromatic heterocycles. The highest BCUT2D eigenvalue weighted by Gasteiger charge is 2.25. The summed E-state index contributed by atoms with van der Waals surface area (Å²) < 4.78 is 0. The molecule has 20 heavy (non-hydrogen) atoms. The van der Waals surface area contributed by atoms with E-state index in [0.29, 0.717) is 12.5 Å². The zero-order valence-electron chi connectivity index (χ0n) is 12.0. The third-order valence-electron chi connectivity index (χ3n) is 4.22. The average molecular weight is 276 g/mol. The number of hydrogen-bond donors (Lipinski definition) is 3. The maximum atomic E-state index is 12.1. The SMILES string of the molecule is CC(C(=O)NCC1CCC(O)C1)C(N)c1ccccc1. The van der Waals surface area contributed by atoms with Crippen LogP contribution in [0.15, 0.2) is 30.3 Å². The molecule has 1 saturated carbocycles. The molecule has 4 heteroatoms. The zero-order chi connectivity index (χ0) is 14.5. The lowest BCUT2D eigenvalue weighted by molar-refractivity contribution is -0.125. The summed E-state index contributed by atoms with van der Waals surface area (Å²) in [6.07, 6.45) is 2.43. The van der Waals surface area contributed by atoms with Crippen LogP contribution in [0.4, 0.5) is 0 Å². The van der Waals surface area contributed by atoms with Gasteiger partial charge in [-0.3, -0.25) is 4.79 Å². The van der Waals surface area contributed by atoms with Crippen LogP contribution in [0.2, 0.25) is 0 Å². The van der Waals surface area contributed by atoms with Gasteiger partial charge in [0.15, 0.2) is 0 Å². The van der Waals surface area contributed by atoms with Gasteiger partial charge in [0, 0.05) is 12.6 Å². The van der Waals surface area contributed by atoms with Crippen molar-refractivity contribution >= 4 is 5.91 Å². The molecule has 4 unspecified atom stereocenters. The summed E-state index contributed by atoms with van der Waals surface area (Å²) in [5.74, 6) is 0.126. The van der Waals surface area contributed by atoms with Crippen molar-refractivity contribution in [1.29, 1.82) is 0 Å². The second-order valence-corrected chi connectivity index (χ2v) is 5.80. The summed E-state index contributed by atoms with van der Waals surface area (Å²) in [4.78, 5) is 12.1. The zero-order valence-corrected chi connectivity index (χ0v) is 12.0. The van der Waals surface area contributed by atoms with Crippen molar-refractivity contribution in [3.05, 3.63) is 35.9 Å². The van der Waals surface area contributed by atoms with E-state index < -0.39 is 0 Å². The van der Waals surface area contributed by atoms with E-state index in [1.807, 2.05) is 37.3 Å². The molecule has 2 rings (SSSR count). The molecule has 1 amide bonds. The quantitative estimate of drug-likeness (QED) is 0.764. The smallest absolute Gasteiger partial charge is 0.224 e. The topological polar surface area (TPSA) is 75.3 Å². The van der Waals surface area contributed by atoms with E-state index in [4.69, 9.17) is 5.73 Å². The van der Waals surface area contributed by atoms with Crippen LogP contribution in [0.3, 0.4) is 0 Å². The maximum absolute atomic E-state index is 12.1. The Morgan fingerprint density at radius 3 is 2.70 bits per heavy atom. The first-order valence-electron chi connectivity index (χ1n) is 7.34. The number of rotatable bonds is 5. The van der Waals surface area contributed by atoms with Gasteiger partial charge in [-0.05, 0) is 30.7 Å². The summed E-state index contributed by atoms with van der Waals surface area (Å²) in [6.45, 7) is 2.50. The van der Waals surface area contributed by atoms with Crippen LogP contribution < -0.4 is 11.1 Å². The number of hydrogen-bond acceptors (Lipinski definition) is 3. The third kappa shape index (κ3) is 3.81. The Labute approximate surface area is 120 Å². The fraction of sp³-hybridized carbons (Fsp3) is 0.562. The summed E-state index contributed by atoms with van der Waals surface area (Å²) in [7, 11) is 0. The molecule has 4 atom stereocenters. The van der Waals surface area contributed by atoms with Crippen molar-refractivity contribution in [2.45, 2.75) is 38.3 Å². The fourth-order valence-corrected chi connectivity index (χ4v) is 2.77. The van der Waals surface area contributed by atoms with E-state index in [1.165, 1.54) is 0 Å². The van der Waals surface area contributed by atoms with Gasteiger partial charge in [0.1, 0.15) is 0 Å². The van der Waals surface area contributed by atoms with Gasteiger partial charge in [-0.25, -0.2) is 0 Å². The molecule has 0 bridgehead atoms. The molecule has 4 N–H and O–H groups in total. The Balaban J connectivity index is 1.82. The first-order chi connectivity index (χ1) is 9.58. The molecule has 1 aromatic carbocycles. The van der Waals surface area contributed by atoms with Gasteiger partial charge in [-0.15, -0.1) is 0 Å². The van der Waals surface area contributed by atoms with Crippen LogP contribution in [-0.4, -0.2) is 23.7 Å². The van der Waals surface area contributed by atoms with Gasteiger partial charge in [0.2, 0.25) is 5.91 Å². The van der Waals surface area contributed by atoms with E-state index >= 15 is 0 Å². The normalized spacial score (nSPS) is 25.1. The third-order valence-corrected chi connectivity index (χ3v) is 4.22. The van der Waals surface area contributed by atoms with Crippen LogP contribution >= 0.6 is 0 Å². The van der Waals surface area contributed by atoms with E-state index in [9.17, 15) is 9.90 Å². The number of carbonyl (C=O) groups is 1. The summed E-state index contributed by atoms with van der Waals surface area (Å²) >= 11 is 0. The van der Waals surface area contributed by atoms with Crippen LogP contribution in [-0.2, 0) is 4.79 Å². The minimum absolute atomic E-state index is 0.0113. The number of nitrogens with one attached hydrogen (secondary N) is 1. The van der Waals surface area contributed by atoms with Crippen molar-refractivity contribution < 1.29 is 9.90 Å². The molecule has 0 heterocycles. The molecule has 110 valence electrons. The molecule has 0 radical (unpaired) electrons. The number of nitrogens with two attached hydrogens (primary N) is 1. The van der Waals surface area contributed by atoms with Gasteiger partial charge in [-0.2, -0.15) is 0 Å². The Hall–Kier alpha value is -1.39. The number of aliphatic hydroxyl groups excluding tert-OH is 1. The summed E-state index contributed by atoms with van der Waals surface area (Å²) in [5, 5.41) is 12.4. The van der Waals surface area contributed by atoms with Crippen LogP contribution in [0.5, 0.6) is 0 Å². The van der Waals surface area contributed by atoms with Crippen LogP contribution in [0.25, 0.3) is 0 Å². The van der Waals surface area contributed by atoms with E-state index in [0.717, 1.165) is 24.8 Å². The first kappa shape index (κ1) is 15.0. The minimum Gasteiger partial charge on any atom is -0.393 e. The Kier molecular flexibility index (Phi) is 5.15. The molecule has 1 aliphatic carbocycles. The minimum atomic E-state index is -0.287. The Morgan fingerprint density at radius 2 is 2.10 bits per heavy atom. The Bertz CT molecular complexity index is 435. The maximum Gasteiger partial charge on any atom is 0.224 e. The average Bonchev–Trinajstić information content (AvgIpc) is 2.89. The number of carbonyl (C=O) groups excluding carboxylic acids is 1. The highest BCUT2D eigenvalue weighted by molar-refractivity contribution is 5.79. The van der Waals surface area contributed by atoms with Gasteiger partial charge >= 0.3 is 0 Å². The van der Waals surface area contributed by atoms with E-state index in [-0.39, 0.29) is 24.0 Å². The lowest BCUT2D eigenvalue weighted by atomic mass is 9.94. The van der Waals surface area contributed by atoms with Gasteiger partial charge in [-0.1, -0.05) is 37.3 Å². The van der Waals surface area contributed by atoms with Gasteiger partial charge in [0.05, 0.1) is 12.0 Å². The van der Waals surface area contributed by atoms with Crippen molar-refractivity contribution in [2.75, 3.05) is 6.54 Å². The molecule has 0 spiro atoms. The van der Waals surface area contributed by atoms with E-state index in [2.05, 4.69) is 5.32 Å². The highest BCUT2D eigenvalue weighted by atomic mass is 16.3. The van der Waals surface area contributed by atoms with E-state index in [1.54, 1.807) is 0 Å². The van der Waals surface area contributed by atoms with Crippen molar-refractivity contribution in [1.82, 2.24) is 5.32 Å². The molecule has 4 nitrogen and oxygen atoms in total. The molecule has 0 aliphatic heterocycles. The number of amides is 1. The monoisotopic (exact) mass is 276 g/mol. The summed E-state index contributed by atoms with van der Waals surface area (Å²) in [6, 6.07) is 9.40. The number of benzene rings is 1. The highest BCUT2D eigenvalue weighted by Crippen LogP contribution is 2.25. The van der Waals surface area contributed by atoms with Crippen LogP contribution in [0.1, 0.15) is 37.8 Å². The standard InChI is InChI=1S/C16H24N2O2/c1-11(15(17)13-5-3-2-4-6-13)16(20)18-10-12-7-8-14(19)9-12/h2-6,11-12,14-15,19H,7-10,17H2,1H3,(H,18,20). The molecule has 0 saturated heterocycles. The van der Waals surface area contributed by atoms with Crippen molar-refractivity contribution in [2.24, 2.45) is 17.6 Å². The second-order valence-electron chi connectivity index (χ2n) is 5.80. The fourth-order valence-electron chi connectivity index (χ4n) is 2.77. The lowest BCUT2D eigenvalue weighted by Crippen LogP contribution is -2.37. The molecule has 1 aromatic rings. The summed E-state index contributed by atoms with van der Waals surface area (Å²) in [5.41, 5.74) is 7.12. The molecule has 1 aliphatic rings. The molecular weight excluding hydrogens is 252 g/mol. The second kappa shape index (κ2) is 6.86. The largest absolute Gasteiger partial charge is 0.393 e. The van der Waals surface area contributed by atoms with Crippen molar-refractivity contribution in [3.63, 3.8) is 0 Å². The van der Waals surface area contributed by atoms with Crippen LogP contribution in [0, 0.1) is 11.8 Å².